The Balaban J connectivity index is 2.34. The van der Waals surface area contributed by atoms with E-state index >= 15 is 0 Å². The maximum atomic E-state index is 11.9. The summed E-state index contributed by atoms with van der Waals surface area (Å²) < 4.78 is 1.84. The summed E-state index contributed by atoms with van der Waals surface area (Å²) >= 11 is 0. The molecule has 3 nitrogen and oxygen atoms in total. The third-order valence-corrected chi connectivity index (χ3v) is 3.34. The largest absolute Gasteiger partial charge is 0.299 e. The summed E-state index contributed by atoms with van der Waals surface area (Å²) in [6, 6.07) is 8.03. The lowest BCUT2D eigenvalue weighted by Gasteiger charge is -2.05. The monoisotopic (exact) mass is 230 g/mol. The van der Waals surface area contributed by atoms with Gasteiger partial charge in [0.15, 0.2) is 0 Å². The summed E-state index contributed by atoms with van der Waals surface area (Å²) in [7, 11) is 1.92. The molecule has 0 aliphatic carbocycles. The molecule has 0 spiro atoms. The molecule has 0 radical (unpaired) electrons. The van der Waals surface area contributed by atoms with E-state index in [0.717, 1.165) is 23.0 Å². The number of ketones is 1. The van der Waals surface area contributed by atoms with Gasteiger partial charge in [0.05, 0.1) is 17.6 Å². The minimum atomic E-state index is 0.121. The van der Waals surface area contributed by atoms with Crippen LogP contribution in [0.4, 0.5) is 0 Å². The van der Waals surface area contributed by atoms with Crippen LogP contribution >= 0.6 is 0 Å². The molecule has 0 fully saturated rings. The SMILES string of the molecule is CCC(C)C(=O)Cc1nn(C)c2ccccc12. The summed E-state index contributed by atoms with van der Waals surface area (Å²) in [5, 5.41) is 5.53. The Morgan fingerprint density at radius 1 is 1.41 bits per heavy atom. The van der Waals surface area contributed by atoms with E-state index in [4.69, 9.17) is 0 Å². The second-order valence-corrected chi connectivity index (χ2v) is 4.54. The van der Waals surface area contributed by atoms with E-state index in [1.807, 2.05) is 49.8 Å². The third kappa shape index (κ3) is 2.23. The number of Topliss-reactive ketones (excluding diaryl/α,β-unsaturated/α-hetero) is 1. The lowest BCUT2D eigenvalue weighted by Crippen LogP contribution is -2.13. The van der Waals surface area contributed by atoms with Gasteiger partial charge in [-0.1, -0.05) is 32.0 Å². The molecular formula is C14H18N2O. The minimum Gasteiger partial charge on any atom is -0.299 e. The molecule has 1 aromatic carbocycles. The third-order valence-electron chi connectivity index (χ3n) is 3.34. The van der Waals surface area contributed by atoms with Gasteiger partial charge in [-0.2, -0.15) is 5.10 Å². The smallest absolute Gasteiger partial charge is 0.141 e. The molecule has 3 heteroatoms. The number of benzene rings is 1. The first-order chi connectivity index (χ1) is 8.13. The van der Waals surface area contributed by atoms with Gasteiger partial charge in [-0.15, -0.1) is 0 Å². The van der Waals surface area contributed by atoms with Crippen LogP contribution in [0, 0.1) is 5.92 Å². The zero-order valence-electron chi connectivity index (χ0n) is 10.6. The predicted molar refractivity (Wildman–Crippen MR) is 68.9 cm³/mol. The Labute approximate surface area is 101 Å². The Morgan fingerprint density at radius 3 is 2.82 bits per heavy atom. The first-order valence-corrected chi connectivity index (χ1v) is 6.06. The summed E-state index contributed by atoms with van der Waals surface area (Å²) in [6.45, 7) is 4.02. The van der Waals surface area contributed by atoms with Crippen molar-refractivity contribution in [3.05, 3.63) is 30.0 Å². The Morgan fingerprint density at radius 2 is 2.12 bits per heavy atom. The standard InChI is InChI=1S/C14H18N2O/c1-4-10(2)14(17)9-12-11-7-5-6-8-13(11)16(3)15-12/h5-8,10H,4,9H2,1-3H3. The summed E-state index contributed by atoms with van der Waals surface area (Å²) in [6.07, 6.45) is 1.33. The summed E-state index contributed by atoms with van der Waals surface area (Å²) in [4.78, 5) is 11.9. The molecule has 90 valence electrons. The summed E-state index contributed by atoms with van der Waals surface area (Å²) in [5.74, 6) is 0.395. The Bertz CT molecular complexity index is 542. The van der Waals surface area contributed by atoms with Crippen molar-refractivity contribution in [1.82, 2.24) is 9.78 Å². The van der Waals surface area contributed by atoms with Gasteiger partial charge in [0.2, 0.25) is 0 Å². The van der Waals surface area contributed by atoms with Gasteiger partial charge in [0, 0.05) is 18.4 Å². The molecule has 2 aromatic rings. The van der Waals surface area contributed by atoms with Crippen LogP contribution in [0.15, 0.2) is 24.3 Å². The van der Waals surface area contributed by atoms with Crippen LogP contribution in [0.2, 0.25) is 0 Å². The van der Waals surface area contributed by atoms with Crippen molar-refractivity contribution in [3.63, 3.8) is 0 Å². The van der Waals surface area contributed by atoms with Crippen LogP contribution < -0.4 is 0 Å². The van der Waals surface area contributed by atoms with E-state index < -0.39 is 0 Å². The van der Waals surface area contributed by atoms with E-state index in [-0.39, 0.29) is 11.7 Å². The number of fused-ring (bicyclic) bond motifs is 1. The predicted octanol–water partition coefficient (Wildman–Crippen LogP) is 2.73. The highest BCUT2D eigenvalue weighted by molar-refractivity contribution is 5.89. The highest BCUT2D eigenvalue weighted by Crippen LogP contribution is 2.19. The maximum absolute atomic E-state index is 11.9. The number of aryl methyl sites for hydroxylation is 1. The zero-order valence-corrected chi connectivity index (χ0v) is 10.6. The fourth-order valence-corrected chi connectivity index (χ4v) is 1.99. The van der Waals surface area contributed by atoms with Gasteiger partial charge < -0.3 is 0 Å². The molecule has 0 aliphatic rings. The molecule has 2 rings (SSSR count). The van der Waals surface area contributed by atoms with Gasteiger partial charge in [-0.05, 0) is 12.5 Å². The van der Waals surface area contributed by atoms with Gasteiger partial charge >= 0.3 is 0 Å². The summed E-state index contributed by atoms with van der Waals surface area (Å²) in [5.41, 5.74) is 1.98. The van der Waals surface area contributed by atoms with Crippen molar-refractivity contribution in [2.75, 3.05) is 0 Å². The van der Waals surface area contributed by atoms with Gasteiger partial charge in [-0.3, -0.25) is 9.48 Å². The van der Waals surface area contributed by atoms with Gasteiger partial charge in [0.1, 0.15) is 5.78 Å². The van der Waals surface area contributed by atoms with Crippen molar-refractivity contribution < 1.29 is 4.79 Å². The topological polar surface area (TPSA) is 34.9 Å². The van der Waals surface area contributed by atoms with E-state index in [0.29, 0.717) is 6.42 Å². The number of hydrogen-bond donors (Lipinski definition) is 0. The van der Waals surface area contributed by atoms with Crippen molar-refractivity contribution in [3.8, 4) is 0 Å². The lowest BCUT2D eigenvalue weighted by atomic mass is 9.99. The molecule has 0 saturated carbocycles. The fourth-order valence-electron chi connectivity index (χ4n) is 1.99. The van der Waals surface area contributed by atoms with Crippen LogP contribution in [0.5, 0.6) is 0 Å². The molecule has 0 amide bonds. The van der Waals surface area contributed by atoms with E-state index in [1.165, 1.54) is 0 Å². The van der Waals surface area contributed by atoms with E-state index in [9.17, 15) is 4.79 Å². The van der Waals surface area contributed by atoms with Crippen LogP contribution in [0.25, 0.3) is 10.9 Å². The van der Waals surface area contributed by atoms with Crippen molar-refractivity contribution in [2.45, 2.75) is 26.7 Å². The second-order valence-electron chi connectivity index (χ2n) is 4.54. The zero-order chi connectivity index (χ0) is 12.4. The minimum absolute atomic E-state index is 0.121. The molecule has 0 N–H and O–H groups in total. The van der Waals surface area contributed by atoms with Crippen molar-refractivity contribution in [2.24, 2.45) is 13.0 Å². The average molecular weight is 230 g/mol. The number of aromatic nitrogens is 2. The second kappa shape index (κ2) is 4.70. The average Bonchev–Trinajstić information content (AvgIpc) is 2.66. The normalized spacial score (nSPS) is 12.9. The molecule has 1 heterocycles. The van der Waals surface area contributed by atoms with E-state index in [2.05, 4.69) is 5.10 Å². The van der Waals surface area contributed by atoms with Gasteiger partial charge in [0.25, 0.3) is 0 Å². The molecule has 1 unspecified atom stereocenters. The number of rotatable bonds is 4. The quantitative estimate of drug-likeness (QED) is 0.809. The first-order valence-electron chi connectivity index (χ1n) is 6.06. The molecule has 1 aromatic heterocycles. The Kier molecular flexibility index (Phi) is 3.27. The molecule has 0 saturated heterocycles. The van der Waals surface area contributed by atoms with Crippen molar-refractivity contribution in [1.29, 1.82) is 0 Å². The molecule has 0 bridgehead atoms. The maximum Gasteiger partial charge on any atom is 0.141 e. The lowest BCUT2D eigenvalue weighted by molar-refractivity contribution is -0.121. The highest BCUT2D eigenvalue weighted by Gasteiger charge is 2.15. The molecular weight excluding hydrogens is 212 g/mol. The highest BCUT2D eigenvalue weighted by atomic mass is 16.1. The van der Waals surface area contributed by atoms with Crippen molar-refractivity contribution >= 4 is 16.7 Å². The number of nitrogens with zero attached hydrogens (tertiary/aromatic N) is 2. The number of hydrogen-bond acceptors (Lipinski definition) is 2. The van der Waals surface area contributed by atoms with Crippen LogP contribution in [0.1, 0.15) is 26.0 Å². The molecule has 0 aliphatic heterocycles. The number of carbonyl (C=O) groups excluding carboxylic acids is 1. The van der Waals surface area contributed by atoms with Crippen LogP contribution in [-0.4, -0.2) is 15.6 Å². The van der Waals surface area contributed by atoms with E-state index in [1.54, 1.807) is 0 Å². The molecule has 17 heavy (non-hydrogen) atoms. The van der Waals surface area contributed by atoms with Crippen LogP contribution in [0.3, 0.4) is 0 Å². The first kappa shape index (κ1) is 11.8. The number of para-hydroxylation sites is 1. The Hall–Kier alpha value is -1.64. The van der Waals surface area contributed by atoms with Gasteiger partial charge in [-0.25, -0.2) is 0 Å². The molecule has 1 atom stereocenters. The van der Waals surface area contributed by atoms with Crippen LogP contribution in [-0.2, 0) is 18.3 Å². The number of carbonyl (C=O) groups is 1. The fraction of sp³-hybridized carbons (Fsp3) is 0.429.